The molecule has 0 spiro atoms. The number of anilines is 2. The molecule has 1 amide bonds. The van der Waals surface area contributed by atoms with Crippen molar-refractivity contribution in [2.45, 2.75) is 38.8 Å². The van der Waals surface area contributed by atoms with Crippen LogP contribution in [0.1, 0.15) is 28.5 Å². The highest BCUT2D eigenvalue weighted by atomic mass is 35.5. The fourth-order valence-electron chi connectivity index (χ4n) is 5.54. The van der Waals surface area contributed by atoms with Gasteiger partial charge in [0.2, 0.25) is 5.95 Å². The largest absolute Gasteiger partial charge is 0.573 e. The van der Waals surface area contributed by atoms with E-state index in [9.17, 15) is 22.8 Å². The summed E-state index contributed by atoms with van der Waals surface area (Å²) in [4.78, 5) is 37.8. The van der Waals surface area contributed by atoms with Crippen molar-refractivity contribution in [1.82, 2.24) is 19.6 Å². The van der Waals surface area contributed by atoms with E-state index in [1.54, 1.807) is 54.4 Å². The van der Waals surface area contributed by atoms with E-state index in [2.05, 4.69) is 20.2 Å². The third-order valence-corrected chi connectivity index (χ3v) is 10.8. The molecule has 2 aromatic heterocycles. The van der Waals surface area contributed by atoms with Crippen molar-refractivity contribution in [3.63, 3.8) is 0 Å². The monoisotopic (exact) mass is 702 g/mol. The first-order chi connectivity index (χ1) is 22.3. The lowest BCUT2D eigenvalue weighted by molar-refractivity contribution is -0.274. The van der Waals surface area contributed by atoms with Gasteiger partial charge in [0.15, 0.2) is 20.4 Å². The molecule has 1 aliphatic rings. The molecule has 6 rings (SSSR count). The zero-order valence-electron chi connectivity index (χ0n) is 25.2. The summed E-state index contributed by atoms with van der Waals surface area (Å²) in [6.45, 7) is 3.83. The van der Waals surface area contributed by atoms with E-state index < -0.39 is 15.3 Å². The van der Waals surface area contributed by atoms with Gasteiger partial charge in [-0.25, -0.2) is 9.55 Å². The van der Waals surface area contributed by atoms with Crippen LogP contribution in [0.15, 0.2) is 70.0 Å². The SMILES string of the molecule is CNc1noc2cc(-n3c(N[Si@@H](C)c4ccc(OC(F)(F)F)cc4)nc4c(c3=O)C[C@@H](C)N(C(=O)c3ccc(Cl)c(Cl)c3)C4)ccc12. The van der Waals surface area contributed by atoms with Crippen molar-refractivity contribution < 1.29 is 27.2 Å². The molecule has 0 saturated carbocycles. The molecule has 244 valence electrons. The zero-order chi connectivity index (χ0) is 33.6. The number of hydrogen-bond donors (Lipinski definition) is 2. The lowest BCUT2D eigenvalue weighted by Crippen LogP contribution is -2.46. The van der Waals surface area contributed by atoms with Crippen LogP contribution in [0.3, 0.4) is 0 Å². The number of carbonyl (C=O) groups is 1. The highest BCUT2D eigenvalue weighted by Gasteiger charge is 2.33. The summed E-state index contributed by atoms with van der Waals surface area (Å²) in [5.74, 6) is 0.128. The van der Waals surface area contributed by atoms with E-state index in [1.807, 2.05) is 13.5 Å². The van der Waals surface area contributed by atoms with Crippen LogP contribution in [0.4, 0.5) is 24.9 Å². The summed E-state index contributed by atoms with van der Waals surface area (Å²) in [5, 5.41) is 9.01. The molecule has 1 aliphatic heterocycles. The Morgan fingerprint density at radius 2 is 1.83 bits per heavy atom. The van der Waals surface area contributed by atoms with Gasteiger partial charge in [0, 0.05) is 30.3 Å². The third kappa shape index (κ3) is 6.53. The van der Waals surface area contributed by atoms with Gasteiger partial charge in [0.25, 0.3) is 11.5 Å². The predicted octanol–water partition coefficient (Wildman–Crippen LogP) is 5.88. The van der Waals surface area contributed by atoms with Gasteiger partial charge in [-0.05, 0) is 61.0 Å². The number of fused-ring (bicyclic) bond motifs is 2. The molecule has 0 fully saturated rings. The molecule has 0 aliphatic carbocycles. The number of carbonyl (C=O) groups excluding carboxylic acids is 1. The van der Waals surface area contributed by atoms with Crippen LogP contribution in [0.2, 0.25) is 16.6 Å². The Balaban J connectivity index is 1.40. The number of rotatable bonds is 7. The molecule has 47 heavy (non-hydrogen) atoms. The molecule has 0 saturated heterocycles. The normalized spacial score (nSPS) is 15.3. The van der Waals surface area contributed by atoms with Crippen LogP contribution >= 0.6 is 23.2 Å². The van der Waals surface area contributed by atoms with Crippen molar-refractivity contribution in [2.24, 2.45) is 0 Å². The Hall–Kier alpha value is -4.53. The first-order valence-electron chi connectivity index (χ1n) is 14.4. The zero-order valence-corrected chi connectivity index (χ0v) is 27.8. The summed E-state index contributed by atoms with van der Waals surface area (Å²) in [5.41, 5.74) is 1.82. The lowest BCUT2D eigenvalue weighted by atomic mass is 9.98. The number of amides is 1. The Labute approximate surface area is 277 Å². The quantitative estimate of drug-likeness (QED) is 0.202. The van der Waals surface area contributed by atoms with Gasteiger partial charge in [-0.3, -0.25) is 9.59 Å². The second kappa shape index (κ2) is 12.6. The minimum Gasteiger partial charge on any atom is -0.406 e. The van der Waals surface area contributed by atoms with Gasteiger partial charge >= 0.3 is 6.36 Å². The Morgan fingerprint density at radius 3 is 2.51 bits per heavy atom. The van der Waals surface area contributed by atoms with Crippen LogP contribution in [0, 0.1) is 0 Å². The highest BCUT2D eigenvalue weighted by Crippen LogP contribution is 2.29. The molecule has 0 radical (unpaired) electrons. The van der Waals surface area contributed by atoms with Crippen LogP contribution in [0.5, 0.6) is 5.75 Å². The Kier molecular flexibility index (Phi) is 8.68. The van der Waals surface area contributed by atoms with Gasteiger partial charge in [-0.1, -0.05) is 47.0 Å². The van der Waals surface area contributed by atoms with Gasteiger partial charge in [-0.2, -0.15) is 0 Å². The van der Waals surface area contributed by atoms with E-state index in [4.69, 9.17) is 32.7 Å². The molecule has 5 aromatic rings. The minimum atomic E-state index is -4.81. The maximum Gasteiger partial charge on any atom is 0.573 e. The Morgan fingerprint density at radius 1 is 1.09 bits per heavy atom. The predicted molar refractivity (Wildman–Crippen MR) is 176 cm³/mol. The van der Waals surface area contributed by atoms with Crippen LogP contribution in [0.25, 0.3) is 16.7 Å². The van der Waals surface area contributed by atoms with Gasteiger partial charge < -0.3 is 24.5 Å². The fraction of sp³-hybridized carbons (Fsp3) is 0.226. The Bertz CT molecular complexity index is 2050. The maximum absolute atomic E-state index is 14.3. The van der Waals surface area contributed by atoms with Gasteiger partial charge in [0.05, 0.1) is 33.4 Å². The molecule has 2 N–H and O–H groups in total. The first kappa shape index (κ1) is 32.4. The lowest BCUT2D eigenvalue weighted by Gasteiger charge is -2.35. The maximum atomic E-state index is 14.3. The average molecular weight is 704 g/mol. The number of halogens is 5. The molecule has 3 heterocycles. The third-order valence-electron chi connectivity index (χ3n) is 7.95. The second-order valence-electron chi connectivity index (χ2n) is 11.1. The van der Waals surface area contributed by atoms with E-state index in [1.165, 1.54) is 22.8 Å². The molecule has 0 bridgehead atoms. The summed E-state index contributed by atoms with van der Waals surface area (Å²) in [6.07, 6.45) is -4.56. The topological polar surface area (TPSA) is 115 Å². The molecule has 16 heteroatoms. The summed E-state index contributed by atoms with van der Waals surface area (Å²) in [7, 11) is -0.474. The van der Waals surface area contributed by atoms with E-state index in [0.717, 1.165) is 10.6 Å². The molecule has 2 atom stereocenters. The number of hydrogen-bond acceptors (Lipinski definition) is 8. The fourth-order valence-corrected chi connectivity index (χ4v) is 7.36. The van der Waals surface area contributed by atoms with Gasteiger partial charge in [-0.15, -0.1) is 13.2 Å². The number of ether oxygens (including phenoxy) is 1. The van der Waals surface area contributed by atoms with Crippen LogP contribution in [-0.2, 0) is 13.0 Å². The molecule has 3 aromatic carbocycles. The summed E-state index contributed by atoms with van der Waals surface area (Å²) in [6, 6.07) is 15.1. The minimum absolute atomic E-state index is 0.0619. The number of nitrogens with one attached hydrogen (secondary N) is 2. The van der Waals surface area contributed by atoms with Gasteiger partial charge in [0.1, 0.15) is 5.75 Å². The second-order valence-corrected chi connectivity index (χ2v) is 14.3. The number of alkyl halides is 3. The molecular formula is C31H27Cl2F3N6O4Si. The number of nitrogens with zero attached hydrogens (tertiary/aromatic N) is 4. The van der Waals surface area contributed by atoms with Crippen LogP contribution < -0.4 is 25.8 Å². The average Bonchev–Trinajstić information content (AvgIpc) is 3.44. The van der Waals surface area contributed by atoms with Crippen molar-refractivity contribution in [3.8, 4) is 11.4 Å². The number of aromatic nitrogens is 3. The molecule has 10 nitrogen and oxygen atoms in total. The van der Waals surface area contributed by atoms with Crippen molar-refractivity contribution >= 4 is 66.0 Å². The smallest absolute Gasteiger partial charge is 0.406 e. The van der Waals surface area contributed by atoms with Crippen molar-refractivity contribution in [3.05, 3.63) is 97.9 Å². The molecule has 0 unspecified atom stereocenters. The first-order valence-corrected chi connectivity index (χ1v) is 17.5. The van der Waals surface area contributed by atoms with Crippen molar-refractivity contribution in [2.75, 3.05) is 17.3 Å². The van der Waals surface area contributed by atoms with Crippen molar-refractivity contribution in [1.29, 1.82) is 0 Å². The summed E-state index contributed by atoms with van der Waals surface area (Å²) < 4.78 is 49.1. The molecular weight excluding hydrogens is 676 g/mol. The van der Waals surface area contributed by atoms with E-state index >= 15 is 0 Å². The van der Waals surface area contributed by atoms with E-state index in [-0.39, 0.29) is 47.2 Å². The van der Waals surface area contributed by atoms with E-state index in [0.29, 0.717) is 38.9 Å². The van der Waals surface area contributed by atoms with Crippen LogP contribution in [-0.4, -0.2) is 53.9 Å². The summed E-state index contributed by atoms with van der Waals surface area (Å²) >= 11 is 12.2. The highest BCUT2D eigenvalue weighted by molar-refractivity contribution is 6.74. The standard InChI is InChI=1S/C31H27Cl2F3N6O4Si/c1-16-12-22-25(15-41(16)28(43)17-4-11-23(32)24(33)13-17)38-30(40-47(3)20-8-6-19(7-9-20)45-31(34,35)36)42(29(22)44)18-5-10-21-26(14-18)46-39-27(21)37-2/h4-11,13-14,16,47H,12,15H2,1-3H3,(H,37,39)(H,38,40)/t16-,47+/m1/s1. The number of benzene rings is 3.